The molecule has 1 rings (SSSR count). The fourth-order valence-electron chi connectivity index (χ4n) is 1.41. The van der Waals surface area contributed by atoms with E-state index in [-0.39, 0.29) is 11.7 Å². The normalized spacial score (nSPS) is 10.4. The average Bonchev–Trinajstić information content (AvgIpc) is 2.26. The number of aliphatic carboxylic acids is 1. The minimum atomic E-state index is -0.872. The van der Waals surface area contributed by atoms with E-state index in [0.717, 1.165) is 4.90 Å². The second kappa shape index (κ2) is 7.06. The first kappa shape index (κ1) is 14.6. The molecule has 1 amide bonds. The number of carboxylic acid groups (broad SMARTS) is 1. The Hall–Kier alpha value is -1.49. The molecule has 0 spiro atoms. The second-order valence-electron chi connectivity index (χ2n) is 4.32. The highest BCUT2D eigenvalue weighted by atomic mass is 32.2. The molecule has 0 aliphatic rings. The third-order valence-electron chi connectivity index (χ3n) is 2.11. The van der Waals surface area contributed by atoms with E-state index < -0.39 is 5.97 Å². The quantitative estimate of drug-likeness (QED) is 0.778. The van der Waals surface area contributed by atoms with Gasteiger partial charge in [0.2, 0.25) is 5.91 Å². The van der Waals surface area contributed by atoms with Crippen molar-refractivity contribution in [2.45, 2.75) is 25.2 Å². The molecule has 0 aliphatic carbocycles. The summed E-state index contributed by atoms with van der Waals surface area (Å²) in [5.74, 6) is -0.641. The molecule has 18 heavy (non-hydrogen) atoms. The average molecular weight is 267 g/mol. The monoisotopic (exact) mass is 267 g/mol. The van der Waals surface area contributed by atoms with Crippen molar-refractivity contribution >= 4 is 29.3 Å². The zero-order chi connectivity index (χ0) is 13.5. The highest BCUT2D eigenvalue weighted by Gasteiger charge is 2.09. The number of rotatable bonds is 6. The predicted molar refractivity (Wildman–Crippen MR) is 72.9 cm³/mol. The molecule has 0 aliphatic heterocycles. The molecule has 0 saturated carbocycles. The molecule has 0 saturated heterocycles. The fraction of sp³-hybridized carbons (Fsp3) is 0.385. The summed E-state index contributed by atoms with van der Waals surface area (Å²) in [5.41, 5.74) is 0.675. The van der Waals surface area contributed by atoms with Gasteiger partial charge in [0.25, 0.3) is 0 Å². The molecule has 0 fully saturated rings. The molecule has 0 aromatic heterocycles. The lowest BCUT2D eigenvalue weighted by Crippen LogP contribution is -2.14. The Bertz CT molecular complexity index is 432. The summed E-state index contributed by atoms with van der Waals surface area (Å²) in [6.45, 7) is 3.95. The third kappa shape index (κ3) is 5.23. The number of para-hydroxylation sites is 1. The Morgan fingerprint density at radius 1 is 1.33 bits per heavy atom. The van der Waals surface area contributed by atoms with Crippen LogP contribution in [-0.2, 0) is 9.59 Å². The van der Waals surface area contributed by atoms with Crippen LogP contribution >= 0.6 is 11.8 Å². The molecule has 1 aromatic carbocycles. The van der Waals surface area contributed by atoms with Crippen molar-refractivity contribution in [3.63, 3.8) is 0 Å². The maximum absolute atomic E-state index is 11.7. The molecular weight excluding hydrogens is 250 g/mol. The largest absolute Gasteiger partial charge is 0.481 e. The summed E-state index contributed by atoms with van der Waals surface area (Å²) in [6.07, 6.45) is 0.456. The molecule has 2 N–H and O–H groups in total. The van der Waals surface area contributed by atoms with Gasteiger partial charge in [-0.15, -0.1) is 11.8 Å². The molecule has 1 aromatic rings. The van der Waals surface area contributed by atoms with Crippen molar-refractivity contribution in [1.29, 1.82) is 0 Å². The number of carbonyl (C=O) groups excluding carboxylic acids is 1. The highest BCUT2D eigenvalue weighted by Crippen LogP contribution is 2.27. The van der Waals surface area contributed by atoms with Crippen LogP contribution < -0.4 is 5.32 Å². The van der Waals surface area contributed by atoms with Gasteiger partial charge in [0.15, 0.2) is 0 Å². The minimum Gasteiger partial charge on any atom is -0.481 e. The molecule has 0 bridgehead atoms. The minimum absolute atomic E-state index is 0.0168. The third-order valence-corrected chi connectivity index (χ3v) is 3.16. The first-order chi connectivity index (χ1) is 8.49. The number of carbonyl (C=O) groups is 2. The summed E-state index contributed by atoms with van der Waals surface area (Å²) in [7, 11) is 0. The van der Waals surface area contributed by atoms with Gasteiger partial charge in [0.1, 0.15) is 0 Å². The Labute approximate surface area is 111 Å². The maximum atomic E-state index is 11.7. The Balaban J connectivity index is 2.69. The van der Waals surface area contributed by atoms with E-state index in [1.54, 1.807) is 12.1 Å². The van der Waals surface area contributed by atoms with Crippen LogP contribution in [0.2, 0.25) is 0 Å². The van der Waals surface area contributed by atoms with Gasteiger partial charge in [-0.1, -0.05) is 26.0 Å². The summed E-state index contributed by atoms with van der Waals surface area (Å²) in [6, 6.07) is 7.22. The number of hydrogen-bond acceptors (Lipinski definition) is 3. The molecule has 0 heterocycles. The van der Waals surface area contributed by atoms with Gasteiger partial charge < -0.3 is 10.4 Å². The summed E-state index contributed by atoms with van der Waals surface area (Å²) >= 11 is 1.20. The van der Waals surface area contributed by atoms with Crippen LogP contribution in [0.4, 0.5) is 5.69 Å². The van der Waals surface area contributed by atoms with Crippen molar-refractivity contribution in [3.05, 3.63) is 24.3 Å². The number of hydrogen-bond donors (Lipinski definition) is 2. The molecular formula is C13H17NO3S. The molecule has 5 heteroatoms. The van der Waals surface area contributed by atoms with Gasteiger partial charge in [-0.2, -0.15) is 0 Å². The maximum Gasteiger partial charge on any atom is 0.313 e. The summed E-state index contributed by atoms with van der Waals surface area (Å²) in [5, 5.41) is 11.5. The van der Waals surface area contributed by atoms with E-state index in [0.29, 0.717) is 18.0 Å². The van der Waals surface area contributed by atoms with Gasteiger partial charge in [-0.25, -0.2) is 0 Å². The van der Waals surface area contributed by atoms with E-state index in [2.05, 4.69) is 5.32 Å². The SMILES string of the molecule is CC(C)CC(=O)Nc1ccccc1SCC(=O)O. The van der Waals surface area contributed by atoms with Crippen LogP contribution in [0.1, 0.15) is 20.3 Å². The molecule has 0 radical (unpaired) electrons. The van der Waals surface area contributed by atoms with Crippen LogP contribution in [-0.4, -0.2) is 22.7 Å². The van der Waals surface area contributed by atoms with Crippen LogP contribution in [0.3, 0.4) is 0 Å². The van der Waals surface area contributed by atoms with Crippen molar-refractivity contribution in [2.24, 2.45) is 5.92 Å². The van der Waals surface area contributed by atoms with Gasteiger partial charge in [-0.3, -0.25) is 9.59 Å². The van der Waals surface area contributed by atoms with Crippen LogP contribution in [0.5, 0.6) is 0 Å². The van der Waals surface area contributed by atoms with E-state index in [1.807, 2.05) is 26.0 Å². The van der Waals surface area contributed by atoms with E-state index in [4.69, 9.17) is 5.11 Å². The number of benzene rings is 1. The van der Waals surface area contributed by atoms with Crippen LogP contribution in [0.25, 0.3) is 0 Å². The zero-order valence-corrected chi connectivity index (χ0v) is 11.3. The lowest BCUT2D eigenvalue weighted by atomic mass is 10.1. The smallest absolute Gasteiger partial charge is 0.313 e. The highest BCUT2D eigenvalue weighted by molar-refractivity contribution is 8.00. The topological polar surface area (TPSA) is 66.4 Å². The van der Waals surface area contributed by atoms with Gasteiger partial charge in [-0.05, 0) is 18.1 Å². The van der Waals surface area contributed by atoms with E-state index in [9.17, 15) is 9.59 Å². The van der Waals surface area contributed by atoms with Crippen molar-refractivity contribution in [3.8, 4) is 0 Å². The van der Waals surface area contributed by atoms with Gasteiger partial charge in [0, 0.05) is 11.3 Å². The zero-order valence-electron chi connectivity index (χ0n) is 10.5. The number of amides is 1. The Kier molecular flexibility index (Phi) is 5.71. The molecule has 4 nitrogen and oxygen atoms in total. The van der Waals surface area contributed by atoms with Gasteiger partial charge in [0.05, 0.1) is 11.4 Å². The lowest BCUT2D eigenvalue weighted by molar-refractivity contribution is -0.133. The van der Waals surface area contributed by atoms with Crippen molar-refractivity contribution < 1.29 is 14.7 Å². The van der Waals surface area contributed by atoms with Crippen LogP contribution in [0.15, 0.2) is 29.2 Å². The fourth-order valence-corrected chi connectivity index (χ4v) is 2.14. The van der Waals surface area contributed by atoms with Crippen molar-refractivity contribution in [2.75, 3.05) is 11.1 Å². The number of nitrogens with one attached hydrogen (secondary N) is 1. The summed E-state index contributed by atoms with van der Waals surface area (Å²) < 4.78 is 0. The van der Waals surface area contributed by atoms with E-state index in [1.165, 1.54) is 11.8 Å². The number of carboxylic acids is 1. The molecule has 98 valence electrons. The number of thioether (sulfide) groups is 1. The Morgan fingerprint density at radius 3 is 2.61 bits per heavy atom. The second-order valence-corrected chi connectivity index (χ2v) is 5.34. The van der Waals surface area contributed by atoms with E-state index >= 15 is 0 Å². The Morgan fingerprint density at radius 2 is 2.00 bits per heavy atom. The predicted octanol–water partition coefficient (Wildman–Crippen LogP) is 2.85. The first-order valence-corrected chi connectivity index (χ1v) is 6.71. The first-order valence-electron chi connectivity index (χ1n) is 5.72. The molecule has 0 atom stereocenters. The lowest BCUT2D eigenvalue weighted by Gasteiger charge is -2.10. The molecule has 0 unspecified atom stereocenters. The standard InChI is InChI=1S/C13H17NO3S/c1-9(2)7-12(15)14-10-5-3-4-6-11(10)18-8-13(16)17/h3-6,9H,7-8H2,1-2H3,(H,14,15)(H,16,17). The van der Waals surface area contributed by atoms with Gasteiger partial charge >= 0.3 is 5.97 Å². The van der Waals surface area contributed by atoms with Crippen LogP contribution in [0, 0.1) is 5.92 Å². The summed E-state index contributed by atoms with van der Waals surface area (Å²) in [4.78, 5) is 23.0. The van der Waals surface area contributed by atoms with Crippen molar-refractivity contribution in [1.82, 2.24) is 0 Å². The number of anilines is 1.